The number of hydrogen-bond acceptors (Lipinski definition) is 4. The van der Waals surface area contributed by atoms with E-state index in [9.17, 15) is 4.79 Å². The van der Waals surface area contributed by atoms with Crippen molar-refractivity contribution in [3.8, 4) is 0 Å². The molecule has 1 N–H and O–H groups in total. The maximum atomic E-state index is 12.6. The molecule has 0 amide bonds. The van der Waals surface area contributed by atoms with Gasteiger partial charge >= 0.3 is 0 Å². The first-order valence-corrected chi connectivity index (χ1v) is 11.3. The molecule has 0 aliphatic carbocycles. The minimum atomic E-state index is -0.0412. The van der Waals surface area contributed by atoms with Crippen LogP contribution in [0.15, 0.2) is 70.8 Å². The molecular weight excluding hydrogens is 390 g/mol. The van der Waals surface area contributed by atoms with Gasteiger partial charge in [0.2, 0.25) is 0 Å². The molecule has 0 spiro atoms. The average Bonchev–Trinajstić information content (AvgIpc) is 3.28. The number of fused-ring (bicyclic) bond motifs is 1. The first-order valence-electron chi connectivity index (χ1n) is 10.4. The van der Waals surface area contributed by atoms with Crippen LogP contribution in [0, 0.1) is 6.92 Å². The molecule has 4 nitrogen and oxygen atoms in total. The van der Waals surface area contributed by atoms with Gasteiger partial charge in [-0.25, -0.2) is 4.98 Å². The molecule has 3 heterocycles. The SMILES string of the molecule is CC[C@@H](C)c1ccc([C@H](NCc2cc(=O)n3c(C)cccc3n2)c2cccs2)cc1. The van der Waals surface area contributed by atoms with Crippen LogP contribution in [0.1, 0.15) is 59.6 Å². The molecule has 0 aliphatic heterocycles. The molecule has 0 unspecified atom stereocenters. The fourth-order valence-electron chi connectivity index (χ4n) is 3.75. The van der Waals surface area contributed by atoms with Gasteiger partial charge in [0.1, 0.15) is 5.65 Å². The molecule has 0 saturated heterocycles. The third kappa shape index (κ3) is 4.23. The van der Waals surface area contributed by atoms with E-state index in [1.165, 1.54) is 16.0 Å². The van der Waals surface area contributed by atoms with Crippen molar-refractivity contribution in [2.75, 3.05) is 0 Å². The molecule has 0 aliphatic rings. The van der Waals surface area contributed by atoms with Crippen LogP contribution in [-0.4, -0.2) is 9.38 Å². The maximum Gasteiger partial charge on any atom is 0.258 e. The van der Waals surface area contributed by atoms with Crippen molar-refractivity contribution in [1.29, 1.82) is 0 Å². The highest BCUT2D eigenvalue weighted by atomic mass is 32.1. The third-order valence-corrected chi connectivity index (χ3v) is 6.64. The Hall–Kier alpha value is -2.76. The lowest BCUT2D eigenvalue weighted by molar-refractivity contribution is 0.603. The van der Waals surface area contributed by atoms with E-state index in [0.29, 0.717) is 18.1 Å². The van der Waals surface area contributed by atoms with Crippen LogP contribution in [-0.2, 0) is 6.54 Å². The predicted octanol–water partition coefficient (Wildman–Crippen LogP) is 5.46. The van der Waals surface area contributed by atoms with Crippen molar-refractivity contribution < 1.29 is 0 Å². The molecule has 0 radical (unpaired) electrons. The van der Waals surface area contributed by atoms with Gasteiger partial charge in [0.25, 0.3) is 5.56 Å². The van der Waals surface area contributed by atoms with Crippen molar-refractivity contribution in [2.24, 2.45) is 0 Å². The quantitative estimate of drug-likeness (QED) is 0.434. The van der Waals surface area contributed by atoms with Crippen molar-refractivity contribution in [3.05, 3.63) is 104 Å². The third-order valence-electron chi connectivity index (χ3n) is 5.70. The summed E-state index contributed by atoms with van der Waals surface area (Å²) in [6, 6.07) is 20.5. The van der Waals surface area contributed by atoms with Crippen LogP contribution < -0.4 is 10.9 Å². The van der Waals surface area contributed by atoms with E-state index in [2.05, 4.69) is 60.9 Å². The Morgan fingerprint density at radius 1 is 1.07 bits per heavy atom. The Labute approximate surface area is 181 Å². The van der Waals surface area contributed by atoms with Gasteiger partial charge in [0, 0.05) is 23.2 Å². The summed E-state index contributed by atoms with van der Waals surface area (Å²) >= 11 is 1.73. The van der Waals surface area contributed by atoms with Gasteiger partial charge in [-0.2, -0.15) is 0 Å². The lowest BCUT2D eigenvalue weighted by Gasteiger charge is -2.19. The lowest BCUT2D eigenvalue weighted by Crippen LogP contribution is -2.24. The molecule has 30 heavy (non-hydrogen) atoms. The molecule has 0 saturated carbocycles. The summed E-state index contributed by atoms with van der Waals surface area (Å²) in [6.45, 7) is 6.92. The van der Waals surface area contributed by atoms with E-state index in [1.54, 1.807) is 21.8 Å². The summed E-state index contributed by atoms with van der Waals surface area (Å²) in [5.74, 6) is 0.561. The van der Waals surface area contributed by atoms with Crippen LogP contribution >= 0.6 is 11.3 Å². The smallest absolute Gasteiger partial charge is 0.258 e. The van der Waals surface area contributed by atoms with E-state index >= 15 is 0 Å². The molecule has 3 aromatic heterocycles. The Balaban J connectivity index is 1.61. The Morgan fingerprint density at radius 2 is 1.83 bits per heavy atom. The first kappa shape index (κ1) is 20.5. The second kappa shape index (κ2) is 8.94. The summed E-state index contributed by atoms with van der Waals surface area (Å²) in [7, 11) is 0. The second-order valence-electron chi connectivity index (χ2n) is 7.75. The number of benzene rings is 1. The van der Waals surface area contributed by atoms with Crippen molar-refractivity contribution in [1.82, 2.24) is 14.7 Å². The van der Waals surface area contributed by atoms with Gasteiger partial charge in [-0.15, -0.1) is 11.3 Å². The summed E-state index contributed by atoms with van der Waals surface area (Å²) < 4.78 is 1.65. The highest BCUT2D eigenvalue weighted by Gasteiger charge is 2.16. The molecule has 0 bridgehead atoms. The number of rotatable bonds is 7. The summed E-state index contributed by atoms with van der Waals surface area (Å²) in [5, 5.41) is 5.72. The number of nitrogens with one attached hydrogen (secondary N) is 1. The number of pyridine rings is 1. The molecule has 1 aromatic carbocycles. The van der Waals surface area contributed by atoms with Crippen LogP contribution in [0.25, 0.3) is 5.65 Å². The van der Waals surface area contributed by atoms with Gasteiger partial charge in [-0.3, -0.25) is 14.5 Å². The molecule has 154 valence electrons. The zero-order valence-corrected chi connectivity index (χ0v) is 18.4. The maximum absolute atomic E-state index is 12.6. The van der Waals surface area contributed by atoms with Crippen molar-refractivity contribution >= 4 is 17.0 Å². The molecular formula is C25H27N3OS. The largest absolute Gasteiger partial charge is 0.300 e. The van der Waals surface area contributed by atoms with E-state index in [-0.39, 0.29) is 11.6 Å². The second-order valence-corrected chi connectivity index (χ2v) is 8.73. The minimum Gasteiger partial charge on any atom is -0.300 e. The monoisotopic (exact) mass is 417 g/mol. The highest BCUT2D eigenvalue weighted by molar-refractivity contribution is 7.10. The van der Waals surface area contributed by atoms with E-state index in [1.807, 2.05) is 25.1 Å². The van der Waals surface area contributed by atoms with Crippen LogP contribution in [0.2, 0.25) is 0 Å². The first-order chi connectivity index (χ1) is 14.6. The highest BCUT2D eigenvalue weighted by Crippen LogP contribution is 2.28. The topological polar surface area (TPSA) is 46.4 Å². The summed E-state index contributed by atoms with van der Waals surface area (Å²) in [4.78, 5) is 18.5. The van der Waals surface area contributed by atoms with Gasteiger partial charge in [-0.1, -0.05) is 50.2 Å². The molecule has 2 atom stereocenters. The van der Waals surface area contributed by atoms with Crippen LogP contribution in [0.4, 0.5) is 0 Å². The number of aryl methyl sites for hydroxylation is 1. The van der Waals surface area contributed by atoms with E-state index in [4.69, 9.17) is 4.98 Å². The fraction of sp³-hybridized carbons (Fsp3) is 0.280. The van der Waals surface area contributed by atoms with Crippen molar-refractivity contribution in [2.45, 2.75) is 45.7 Å². The van der Waals surface area contributed by atoms with E-state index < -0.39 is 0 Å². The fourth-order valence-corrected chi connectivity index (χ4v) is 4.58. The zero-order valence-electron chi connectivity index (χ0n) is 17.6. The minimum absolute atomic E-state index is 0.0412. The van der Waals surface area contributed by atoms with Gasteiger partial charge in [0.15, 0.2) is 0 Å². The predicted molar refractivity (Wildman–Crippen MR) is 124 cm³/mol. The zero-order chi connectivity index (χ0) is 21.1. The van der Waals surface area contributed by atoms with Gasteiger partial charge < -0.3 is 0 Å². The lowest BCUT2D eigenvalue weighted by atomic mass is 9.95. The number of hydrogen-bond donors (Lipinski definition) is 1. The van der Waals surface area contributed by atoms with Gasteiger partial charge in [-0.05, 0) is 54.0 Å². The Bertz CT molecular complexity index is 1180. The Morgan fingerprint density at radius 3 is 2.53 bits per heavy atom. The van der Waals surface area contributed by atoms with E-state index in [0.717, 1.165) is 17.8 Å². The number of nitrogens with zero attached hydrogens (tertiary/aromatic N) is 2. The van der Waals surface area contributed by atoms with Crippen molar-refractivity contribution in [3.63, 3.8) is 0 Å². The normalized spacial score (nSPS) is 13.4. The number of thiophene rings is 1. The molecule has 0 fully saturated rings. The summed E-state index contributed by atoms with van der Waals surface area (Å²) in [5.41, 5.74) is 4.87. The number of aromatic nitrogens is 2. The molecule has 4 aromatic rings. The molecule has 4 rings (SSSR count). The van der Waals surface area contributed by atoms with Crippen LogP contribution in [0.3, 0.4) is 0 Å². The Kier molecular flexibility index (Phi) is 6.11. The van der Waals surface area contributed by atoms with Crippen LogP contribution in [0.5, 0.6) is 0 Å². The molecule has 5 heteroatoms. The summed E-state index contributed by atoms with van der Waals surface area (Å²) in [6.07, 6.45) is 1.13. The van der Waals surface area contributed by atoms with Gasteiger partial charge in [0.05, 0.1) is 11.7 Å². The standard InChI is InChI=1S/C25H27N3OS/c1-4-17(2)19-10-12-20(13-11-19)25(22-8-6-14-30-22)26-16-21-15-24(29)28-18(3)7-5-9-23(28)27-21/h5-15,17,25-26H,4,16H2,1-3H3/t17-,25+/m1/s1. The average molecular weight is 418 g/mol.